The quantitative estimate of drug-likeness (QED) is 0.251. The summed E-state index contributed by atoms with van der Waals surface area (Å²) in [6.45, 7) is 4.19. The Hall–Kier alpha value is -1.35. The topological polar surface area (TPSA) is 130 Å². The SMILES string of the molecule is CCCOC(=O)OCCCOP([NH])(=O)OCCCOC(=O)OCCC. The van der Waals surface area contributed by atoms with E-state index in [-0.39, 0.29) is 52.5 Å². The average Bonchev–Trinajstić information content (AvgIpc) is 2.57. The molecule has 0 aliphatic rings. The third kappa shape index (κ3) is 15.9. The van der Waals surface area contributed by atoms with Gasteiger partial charge in [-0.2, -0.15) is 0 Å². The summed E-state index contributed by atoms with van der Waals surface area (Å²) in [4.78, 5) is 22.0. The Bertz CT molecular complexity index is 385. The summed E-state index contributed by atoms with van der Waals surface area (Å²) < 4.78 is 40.1. The van der Waals surface area contributed by atoms with Gasteiger partial charge in [-0.05, 0) is 12.8 Å². The van der Waals surface area contributed by atoms with E-state index < -0.39 is 20.1 Å². The van der Waals surface area contributed by atoms with Crippen molar-refractivity contribution in [1.29, 1.82) is 0 Å². The van der Waals surface area contributed by atoms with Crippen LogP contribution in [0.2, 0.25) is 0 Å². The maximum absolute atomic E-state index is 11.6. The summed E-state index contributed by atoms with van der Waals surface area (Å²) in [6.07, 6.45) is 0.347. The largest absolute Gasteiger partial charge is 0.508 e. The molecule has 0 amide bonds. The molecule has 147 valence electrons. The molecule has 0 atom stereocenters. The molecule has 0 aromatic heterocycles. The molecule has 0 rings (SSSR count). The average molecular weight is 384 g/mol. The van der Waals surface area contributed by atoms with Crippen molar-refractivity contribution >= 4 is 20.1 Å². The predicted octanol–water partition coefficient (Wildman–Crippen LogP) is 3.32. The molecule has 0 spiro atoms. The van der Waals surface area contributed by atoms with Crippen molar-refractivity contribution in [2.45, 2.75) is 39.5 Å². The van der Waals surface area contributed by atoms with Gasteiger partial charge in [0.1, 0.15) is 0 Å². The van der Waals surface area contributed by atoms with Crippen molar-refractivity contribution in [1.82, 2.24) is 5.50 Å². The maximum atomic E-state index is 11.6. The highest BCUT2D eigenvalue weighted by atomic mass is 31.2. The van der Waals surface area contributed by atoms with Crippen molar-refractivity contribution < 1.29 is 42.1 Å². The monoisotopic (exact) mass is 384 g/mol. The molecule has 0 aliphatic carbocycles. The Kier molecular flexibility index (Phi) is 14.1. The number of ether oxygens (including phenoxy) is 4. The van der Waals surface area contributed by atoms with E-state index in [1.165, 1.54) is 0 Å². The van der Waals surface area contributed by atoms with Crippen LogP contribution in [0.4, 0.5) is 9.59 Å². The predicted molar refractivity (Wildman–Crippen MR) is 87.0 cm³/mol. The third-order valence-electron chi connectivity index (χ3n) is 2.39. The molecule has 0 fully saturated rings. The maximum Gasteiger partial charge on any atom is 0.508 e. The molecule has 0 unspecified atom stereocenters. The zero-order valence-corrected chi connectivity index (χ0v) is 15.6. The molecule has 0 saturated heterocycles. The fourth-order valence-corrected chi connectivity index (χ4v) is 2.10. The van der Waals surface area contributed by atoms with Crippen LogP contribution in [0.15, 0.2) is 0 Å². The lowest BCUT2D eigenvalue weighted by Gasteiger charge is -2.12. The van der Waals surface area contributed by atoms with Gasteiger partial charge in [-0.25, -0.2) is 14.2 Å². The first kappa shape index (κ1) is 23.6. The van der Waals surface area contributed by atoms with Crippen LogP contribution >= 0.6 is 7.75 Å². The Morgan fingerprint density at radius 2 is 1.08 bits per heavy atom. The van der Waals surface area contributed by atoms with Gasteiger partial charge in [0.05, 0.1) is 39.6 Å². The number of carbonyl (C=O) groups is 2. The van der Waals surface area contributed by atoms with E-state index in [4.69, 9.17) is 24.0 Å². The number of carbonyl (C=O) groups excluding carboxylic acids is 2. The van der Waals surface area contributed by atoms with Crippen LogP contribution in [0.5, 0.6) is 0 Å². The Balaban J connectivity index is 3.59. The third-order valence-corrected chi connectivity index (χ3v) is 3.43. The lowest BCUT2D eigenvalue weighted by atomic mass is 10.5. The summed E-state index contributed by atoms with van der Waals surface area (Å²) in [5.41, 5.74) is 7.39. The minimum absolute atomic E-state index is 0.0241. The van der Waals surface area contributed by atoms with E-state index in [9.17, 15) is 14.2 Å². The number of hydrogen-bond donors (Lipinski definition) is 0. The standard InChI is InChI=1S/C14H27NO9P/c1-3-7-19-13(16)21-9-5-11-23-25(15,18)24-12-6-10-22-14(17)20-8-4-2/h15H,3-12H2,1-2H3. The number of rotatable bonds is 14. The van der Waals surface area contributed by atoms with Gasteiger partial charge >= 0.3 is 20.1 Å². The molecule has 1 N–H and O–H groups in total. The molecule has 1 radical (unpaired) electrons. The highest BCUT2D eigenvalue weighted by Gasteiger charge is 2.19. The highest BCUT2D eigenvalue weighted by Crippen LogP contribution is 2.41. The van der Waals surface area contributed by atoms with Crippen LogP contribution in [-0.4, -0.2) is 52.0 Å². The van der Waals surface area contributed by atoms with E-state index in [1.807, 2.05) is 13.8 Å². The van der Waals surface area contributed by atoms with Gasteiger partial charge in [-0.1, -0.05) is 13.8 Å². The minimum atomic E-state index is -3.95. The van der Waals surface area contributed by atoms with Crippen LogP contribution in [0, 0.1) is 0 Å². The first-order valence-corrected chi connectivity index (χ1v) is 9.68. The second-order valence-corrected chi connectivity index (χ2v) is 6.28. The summed E-state index contributed by atoms with van der Waals surface area (Å²) >= 11 is 0. The second kappa shape index (κ2) is 14.9. The minimum Gasteiger partial charge on any atom is -0.434 e. The van der Waals surface area contributed by atoms with Crippen molar-refractivity contribution in [2.24, 2.45) is 0 Å². The Morgan fingerprint density at radius 1 is 0.720 bits per heavy atom. The first-order chi connectivity index (χ1) is 11.9. The summed E-state index contributed by atoms with van der Waals surface area (Å²) in [5, 5.41) is 0. The molecule has 0 bridgehead atoms. The molecule has 11 heteroatoms. The Morgan fingerprint density at radius 3 is 1.44 bits per heavy atom. The molecule has 0 saturated carbocycles. The van der Waals surface area contributed by atoms with E-state index >= 15 is 0 Å². The molecule has 0 heterocycles. The van der Waals surface area contributed by atoms with Crippen molar-refractivity contribution in [3.63, 3.8) is 0 Å². The van der Waals surface area contributed by atoms with Gasteiger partial charge in [0.15, 0.2) is 0 Å². The fraction of sp³-hybridized carbons (Fsp3) is 0.857. The van der Waals surface area contributed by atoms with Crippen LogP contribution in [0.1, 0.15) is 39.5 Å². The molecule has 0 aromatic carbocycles. The van der Waals surface area contributed by atoms with Gasteiger partial charge in [0.2, 0.25) is 0 Å². The van der Waals surface area contributed by atoms with Gasteiger partial charge in [0, 0.05) is 12.8 Å². The molecule has 25 heavy (non-hydrogen) atoms. The van der Waals surface area contributed by atoms with Gasteiger partial charge in [-0.3, -0.25) is 9.05 Å². The summed E-state index contributed by atoms with van der Waals surface area (Å²) in [7, 11) is -3.95. The molecule has 0 aliphatic heterocycles. The van der Waals surface area contributed by atoms with E-state index in [0.717, 1.165) is 0 Å². The zero-order chi connectivity index (χ0) is 19.0. The van der Waals surface area contributed by atoms with Crippen LogP contribution in [0.25, 0.3) is 0 Å². The summed E-state index contributed by atoms with van der Waals surface area (Å²) in [6, 6.07) is 0. The number of nitrogens with one attached hydrogen (secondary N) is 1. The lowest BCUT2D eigenvalue weighted by Crippen LogP contribution is -2.11. The highest BCUT2D eigenvalue weighted by molar-refractivity contribution is 7.50. The summed E-state index contributed by atoms with van der Waals surface area (Å²) in [5.74, 6) is 0. The smallest absolute Gasteiger partial charge is 0.434 e. The van der Waals surface area contributed by atoms with Gasteiger partial charge in [0.25, 0.3) is 0 Å². The van der Waals surface area contributed by atoms with E-state index in [1.54, 1.807) is 0 Å². The van der Waals surface area contributed by atoms with Crippen LogP contribution in [-0.2, 0) is 32.6 Å². The second-order valence-electron chi connectivity index (χ2n) is 4.76. The number of hydrogen-bond acceptors (Lipinski definition) is 9. The van der Waals surface area contributed by atoms with Crippen LogP contribution in [0.3, 0.4) is 0 Å². The molecular weight excluding hydrogens is 357 g/mol. The normalized spacial score (nSPS) is 11.0. The fourth-order valence-electron chi connectivity index (χ4n) is 1.29. The van der Waals surface area contributed by atoms with Crippen LogP contribution < -0.4 is 5.50 Å². The Labute approximate surface area is 147 Å². The lowest BCUT2D eigenvalue weighted by molar-refractivity contribution is 0.0507. The molecule has 10 nitrogen and oxygen atoms in total. The van der Waals surface area contributed by atoms with Crippen molar-refractivity contribution in [3.05, 3.63) is 0 Å². The van der Waals surface area contributed by atoms with E-state index in [0.29, 0.717) is 12.8 Å². The van der Waals surface area contributed by atoms with Gasteiger partial charge < -0.3 is 18.9 Å². The molecule has 0 aromatic rings. The first-order valence-electron chi connectivity index (χ1n) is 8.14. The van der Waals surface area contributed by atoms with Gasteiger partial charge in [-0.15, -0.1) is 5.50 Å². The van der Waals surface area contributed by atoms with Crippen molar-refractivity contribution in [3.8, 4) is 0 Å². The molecular formula is C14H27NO9P. The van der Waals surface area contributed by atoms with E-state index in [2.05, 4.69) is 9.47 Å². The zero-order valence-electron chi connectivity index (χ0n) is 14.7. The van der Waals surface area contributed by atoms with Crippen molar-refractivity contribution in [2.75, 3.05) is 39.6 Å².